The lowest BCUT2D eigenvalue weighted by molar-refractivity contribution is 0.326. The molecule has 0 aromatic heterocycles. The molecule has 0 atom stereocenters. The van der Waals surface area contributed by atoms with E-state index in [0.717, 1.165) is 6.26 Å². The quantitative estimate of drug-likeness (QED) is 0.770. The predicted molar refractivity (Wildman–Crippen MR) is 55.9 cm³/mol. The van der Waals surface area contributed by atoms with E-state index < -0.39 is 15.9 Å². The van der Waals surface area contributed by atoms with Gasteiger partial charge in [-0.15, -0.1) is 0 Å². The summed E-state index contributed by atoms with van der Waals surface area (Å²) < 4.78 is 38.7. The van der Waals surface area contributed by atoms with Crippen molar-refractivity contribution in [1.82, 2.24) is 0 Å². The van der Waals surface area contributed by atoms with Crippen molar-refractivity contribution in [2.45, 2.75) is 6.42 Å². The standard InChI is InChI=1S/C9H10ClFO3S/c1-15(12,13)14-5-4-7-2-3-8(10)9(11)6-7/h2-3,6H,4-5H2,1H3. The first-order chi connectivity index (χ1) is 6.88. The number of rotatable bonds is 4. The summed E-state index contributed by atoms with van der Waals surface area (Å²) in [5, 5.41) is 0.0442. The normalized spacial score (nSPS) is 11.7. The van der Waals surface area contributed by atoms with Crippen LogP contribution in [0.25, 0.3) is 0 Å². The molecule has 0 aliphatic heterocycles. The van der Waals surface area contributed by atoms with E-state index in [1.807, 2.05) is 0 Å². The van der Waals surface area contributed by atoms with E-state index in [1.165, 1.54) is 12.1 Å². The highest BCUT2D eigenvalue weighted by Gasteiger charge is 2.04. The van der Waals surface area contributed by atoms with Crippen LogP contribution >= 0.6 is 11.6 Å². The Labute approximate surface area is 92.9 Å². The maximum atomic E-state index is 12.9. The molecule has 0 amide bonds. The molecular formula is C9H10ClFO3S. The van der Waals surface area contributed by atoms with Crippen LogP contribution in [0.3, 0.4) is 0 Å². The number of benzene rings is 1. The Balaban J connectivity index is 2.55. The zero-order valence-corrected chi connectivity index (χ0v) is 9.61. The van der Waals surface area contributed by atoms with Crippen molar-refractivity contribution in [3.63, 3.8) is 0 Å². The minimum absolute atomic E-state index is 0.0000935. The Morgan fingerprint density at radius 3 is 2.67 bits per heavy atom. The van der Waals surface area contributed by atoms with Crippen molar-refractivity contribution in [3.05, 3.63) is 34.6 Å². The first kappa shape index (κ1) is 12.4. The first-order valence-electron chi connectivity index (χ1n) is 4.17. The highest BCUT2D eigenvalue weighted by Crippen LogP contribution is 2.15. The van der Waals surface area contributed by atoms with Gasteiger partial charge in [-0.25, -0.2) is 4.39 Å². The van der Waals surface area contributed by atoms with Crippen LogP contribution in [0.4, 0.5) is 4.39 Å². The molecule has 0 radical (unpaired) electrons. The van der Waals surface area contributed by atoms with Gasteiger partial charge in [0.25, 0.3) is 10.1 Å². The highest BCUT2D eigenvalue weighted by molar-refractivity contribution is 7.85. The molecule has 0 spiro atoms. The third-order valence-electron chi connectivity index (χ3n) is 1.67. The average molecular weight is 253 g/mol. The van der Waals surface area contributed by atoms with Crippen molar-refractivity contribution in [3.8, 4) is 0 Å². The summed E-state index contributed by atoms with van der Waals surface area (Å²) in [5.41, 5.74) is 0.639. The Morgan fingerprint density at radius 1 is 1.47 bits per heavy atom. The van der Waals surface area contributed by atoms with Crippen molar-refractivity contribution in [2.75, 3.05) is 12.9 Å². The summed E-state index contributed by atoms with van der Waals surface area (Å²) in [7, 11) is -3.43. The summed E-state index contributed by atoms with van der Waals surface area (Å²) in [5.74, 6) is -0.520. The zero-order valence-electron chi connectivity index (χ0n) is 8.04. The van der Waals surface area contributed by atoms with Crippen LogP contribution in [0, 0.1) is 5.82 Å². The molecule has 0 saturated heterocycles. The SMILES string of the molecule is CS(=O)(=O)OCCc1ccc(Cl)c(F)c1. The number of hydrogen-bond donors (Lipinski definition) is 0. The van der Waals surface area contributed by atoms with Crippen molar-refractivity contribution in [1.29, 1.82) is 0 Å². The summed E-state index contributed by atoms with van der Waals surface area (Å²) in [6, 6.07) is 4.30. The molecule has 0 unspecified atom stereocenters. The summed E-state index contributed by atoms with van der Waals surface area (Å²) >= 11 is 5.49. The topological polar surface area (TPSA) is 43.4 Å². The van der Waals surface area contributed by atoms with Crippen LogP contribution in [0.1, 0.15) is 5.56 Å². The lowest BCUT2D eigenvalue weighted by Gasteiger charge is -2.02. The molecule has 1 rings (SSSR count). The Kier molecular flexibility index (Phi) is 4.07. The van der Waals surface area contributed by atoms with Gasteiger partial charge in [0.1, 0.15) is 5.82 Å². The van der Waals surface area contributed by atoms with E-state index in [-0.39, 0.29) is 11.6 Å². The monoisotopic (exact) mass is 252 g/mol. The fourth-order valence-electron chi connectivity index (χ4n) is 1.01. The zero-order chi connectivity index (χ0) is 11.5. The molecular weight excluding hydrogens is 243 g/mol. The van der Waals surface area contributed by atoms with E-state index in [1.54, 1.807) is 6.07 Å². The van der Waals surface area contributed by atoms with Crippen LogP contribution in [-0.2, 0) is 20.7 Å². The van der Waals surface area contributed by atoms with E-state index in [2.05, 4.69) is 4.18 Å². The van der Waals surface area contributed by atoms with Gasteiger partial charge in [0.05, 0.1) is 17.9 Å². The van der Waals surface area contributed by atoms with Crippen LogP contribution in [-0.4, -0.2) is 21.3 Å². The highest BCUT2D eigenvalue weighted by atomic mass is 35.5. The lowest BCUT2D eigenvalue weighted by Crippen LogP contribution is -2.06. The second-order valence-electron chi connectivity index (χ2n) is 3.02. The number of halogens is 2. The molecule has 0 N–H and O–H groups in total. The fourth-order valence-corrected chi connectivity index (χ4v) is 1.51. The van der Waals surface area contributed by atoms with Crippen molar-refractivity contribution < 1.29 is 17.0 Å². The molecule has 15 heavy (non-hydrogen) atoms. The number of hydrogen-bond acceptors (Lipinski definition) is 3. The van der Waals surface area contributed by atoms with Gasteiger partial charge in [0.15, 0.2) is 0 Å². The van der Waals surface area contributed by atoms with Gasteiger partial charge < -0.3 is 0 Å². The van der Waals surface area contributed by atoms with Gasteiger partial charge in [0, 0.05) is 0 Å². The van der Waals surface area contributed by atoms with E-state index >= 15 is 0 Å². The molecule has 1 aromatic carbocycles. The van der Waals surface area contributed by atoms with Crippen LogP contribution < -0.4 is 0 Å². The third kappa shape index (κ3) is 4.59. The molecule has 84 valence electrons. The average Bonchev–Trinajstić information content (AvgIpc) is 2.09. The molecule has 0 aliphatic carbocycles. The Morgan fingerprint density at radius 2 is 2.13 bits per heavy atom. The fraction of sp³-hybridized carbons (Fsp3) is 0.333. The Bertz CT molecular complexity index is 445. The van der Waals surface area contributed by atoms with Crippen molar-refractivity contribution >= 4 is 21.7 Å². The second kappa shape index (κ2) is 4.92. The van der Waals surface area contributed by atoms with Crippen LogP contribution in [0.15, 0.2) is 18.2 Å². The van der Waals surface area contributed by atoms with Gasteiger partial charge in [-0.2, -0.15) is 8.42 Å². The van der Waals surface area contributed by atoms with Gasteiger partial charge in [-0.05, 0) is 24.1 Å². The maximum Gasteiger partial charge on any atom is 0.264 e. The molecule has 0 bridgehead atoms. The first-order valence-corrected chi connectivity index (χ1v) is 6.36. The smallest absolute Gasteiger partial charge is 0.264 e. The summed E-state index contributed by atoms with van der Waals surface area (Å²) in [6.07, 6.45) is 1.29. The van der Waals surface area contributed by atoms with Crippen LogP contribution in [0.2, 0.25) is 5.02 Å². The summed E-state index contributed by atoms with van der Waals surface area (Å²) in [4.78, 5) is 0. The molecule has 6 heteroatoms. The minimum atomic E-state index is -3.43. The molecule has 0 heterocycles. The largest absolute Gasteiger partial charge is 0.270 e. The molecule has 3 nitrogen and oxygen atoms in total. The van der Waals surface area contributed by atoms with Crippen molar-refractivity contribution in [2.24, 2.45) is 0 Å². The molecule has 0 aliphatic rings. The molecule has 0 fully saturated rings. The van der Waals surface area contributed by atoms with Gasteiger partial charge in [-0.3, -0.25) is 4.18 Å². The van der Waals surface area contributed by atoms with Gasteiger partial charge in [0.2, 0.25) is 0 Å². The second-order valence-corrected chi connectivity index (χ2v) is 5.08. The predicted octanol–water partition coefficient (Wildman–Crippen LogP) is 2.00. The summed E-state index contributed by atoms with van der Waals surface area (Å²) in [6.45, 7) is -0.0000935. The van der Waals surface area contributed by atoms with Gasteiger partial charge in [-0.1, -0.05) is 17.7 Å². The van der Waals surface area contributed by atoms with E-state index in [4.69, 9.17) is 11.6 Å². The van der Waals surface area contributed by atoms with E-state index in [0.29, 0.717) is 12.0 Å². The maximum absolute atomic E-state index is 12.9. The molecule has 1 aromatic rings. The lowest BCUT2D eigenvalue weighted by atomic mass is 10.1. The Hall–Kier alpha value is -0.650. The molecule has 0 saturated carbocycles. The minimum Gasteiger partial charge on any atom is -0.270 e. The van der Waals surface area contributed by atoms with Gasteiger partial charge >= 0.3 is 0 Å². The van der Waals surface area contributed by atoms with Crippen LogP contribution in [0.5, 0.6) is 0 Å². The third-order valence-corrected chi connectivity index (χ3v) is 2.57. The van der Waals surface area contributed by atoms with E-state index in [9.17, 15) is 12.8 Å².